The quantitative estimate of drug-likeness (QED) is 0.279. The Bertz CT molecular complexity index is 1110. The van der Waals surface area contributed by atoms with Crippen LogP contribution in [0.4, 0.5) is 0 Å². The minimum absolute atomic E-state index is 0.0192. The fraction of sp³-hybridized carbons (Fsp3) is 0.559. The molecule has 3 rings (SSSR count). The summed E-state index contributed by atoms with van der Waals surface area (Å²) in [5.41, 5.74) is 6.32. The fourth-order valence-electron chi connectivity index (χ4n) is 6.06. The van der Waals surface area contributed by atoms with Crippen LogP contribution in [0, 0.1) is 31.6 Å². The van der Waals surface area contributed by atoms with E-state index < -0.39 is 0 Å². The molecule has 0 aromatic heterocycles. The lowest BCUT2D eigenvalue weighted by molar-refractivity contribution is -0.129. The van der Waals surface area contributed by atoms with Crippen molar-refractivity contribution in [3.8, 4) is 16.9 Å². The number of rotatable bonds is 11. The van der Waals surface area contributed by atoms with E-state index in [1.165, 1.54) is 13.3 Å². The Morgan fingerprint density at radius 2 is 1.68 bits per heavy atom. The van der Waals surface area contributed by atoms with Crippen LogP contribution in [0.25, 0.3) is 11.1 Å². The van der Waals surface area contributed by atoms with E-state index in [1.807, 2.05) is 26.8 Å². The van der Waals surface area contributed by atoms with Crippen LogP contribution in [-0.2, 0) is 16.0 Å². The van der Waals surface area contributed by atoms with Crippen molar-refractivity contribution in [1.82, 2.24) is 0 Å². The SMILES string of the molecule is CCC.CCCC(CC1CC(=O)c2c(C)ccc(-c3ccc(OC)c(C)c3)c2C1)C(CC)C(=O)CC(C)=O. The van der Waals surface area contributed by atoms with Crippen molar-refractivity contribution >= 4 is 17.3 Å². The molecule has 0 spiro atoms. The van der Waals surface area contributed by atoms with Gasteiger partial charge in [-0.05, 0) is 91.8 Å². The molecule has 0 saturated heterocycles. The smallest absolute Gasteiger partial charge is 0.163 e. The third-order valence-electron chi connectivity index (χ3n) is 7.61. The van der Waals surface area contributed by atoms with Gasteiger partial charge in [0, 0.05) is 17.9 Å². The highest BCUT2D eigenvalue weighted by molar-refractivity contribution is 6.02. The molecule has 0 aliphatic heterocycles. The average Bonchev–Trinajstić information content (AvgIpc) is 2.84. The minimum Gasteiger partial charge on any atom is -0.496 e. The number of hydrogen-bond acceptors (Lipinski definition) is 4. The Kier molecular flexibility index (Phi) is 12.4. The van der Waals surface area contributed by atoms with Gasteiger partial charge in [0.25, 0.3) is 0 Å². The lowest BCUT2D eigenvalue weighted by atomic mass is 9.71. The molecule has 3 atom stereocenters. The van der Waals surface area contributed by atoms with Crippen molar-refractivity contribution in [1.29, 1.82) is 0 Å². The Morgan fingerprint density at radius 1 is 1.00 bits per heavy atom. The highest BCUT2D eigenvalue weighted by atomic mass is 16.5. The van der Waals surface area contributed by atoms with Crippen molar-refractivity contribution in [2.75, 3.05) is 7.11 Å². The van der Waals surface area contributed by atoms with Gasteiger partial charge in [0.05, 0.1) is 13.5 Å². The van der Waals surface area contributed by atoms with Crippen molar-refractivity contribution < 1.29 is 19.1 Å². The Balaban J connectivity index is 0.00000161. The van der Waals surface area contributed by atoms with Crippen LogP contribution in [0.3, 0.4) is 0 Å². The number of methoxy groups -OCH3 is 1. The van der Waals surface area contributed by atoms with E-state index in [-0.39, 0.29) is 41.5 Å². The van der Waals surface area contributed by atoms with Crippen molar-refractivity contribution in [3.05, 3.63) is 52.6 Å². The van der Waals surface area contributed by atoms with Gasteiger partial charge in [-0.15, -0.1) is 0 Å². The summed E-state index contributed by atoms with van der Waals surface area (Å²) in [7, 11) is 1.68. The average molecular weight is 521 g/mol. The highest BCUT2D eigenvalue weighted by Crippen LogP contribution is 2.40. The number of hydrogen-bond donors (Lipinski definition) is 0. The van der Waals surface area contributed by atoms with Crippen LogP contribution in [0.2, 0.25) is 0 Å². The lowest BCUT2D eigenvalue weighted by Crippen LogP contribution is -2.30. The summed E-state index contributed by atoms with van der Waals surface area (Å²) >= 11 is 0. The van der Waals surface area contributed by atoms with E-state index in [9.17, 15) is 14.4 Å². The molecular weight excluding hydrogens is 472 g/mol. The van der Waals surface area contributed by atoms with Gasteiger partial charge in [-0.2, -0.15) is 0 Å². The number of benzene rings is 2. The number of ketones is 3. The van der Waals surface area contributed by atoms with Gasteiger partial charge in [0.1, 0.15) is 17.3 Å². The number of carbonyl (C=O) groups is 3. The fourth-order valence-corrected chi connectivity index (χ4v) is 6.06. The topological polar surface area (TPSA) is 60.4 Å². The molecule has 0 bridgehead atoms. The summed E-state index contributed by atoms with van der Waals surface area (Å²) < 4.78 is 5.44. The van der Waals surface area contributed by atoms with Gasteiger partial charge in [-0.3, -0.25) is 14.4 Å². The van der Waals surface area contributed by atoms with E-state index in [1.54, 1.807) is 7.11 Å². The van der Waals surface area contributed by atoms with Crippen LogP contribution in [0.5, 0.6) is 5.75 Å². The molecule has 1 aliphatic carbocycles. The third kappa shape index (κ3) is 7.88. The first-order chi connectivity index (χ1) is 18.1. The first-order valence-corrected chi connectivity index (χ1v) is 14.4. The first kappa shape index (κ1) is 31.5. The molecule has 0 saturated carbocycles. The standard InChI is InChI=1S/C31H40O4.C3H8/c1-7-9-23(25(8-2)28(33)15-21(5)32)16-22-17-27-26(12-10-19(3)31(27)29(34)18-22)24-11-13-30(35-6)20(4)14-24;1-3-2/h10-14,22-23,25H,7-9,15-18H2,1-6H3;3H2,1-2H3. The van der Waals surface area contributed by atoms with E-state index in [2.05, 4.69) is 45.0 Å². The summed E-state index contributed by atoms with van der Waals surface area (Å²) in [4.78, 5) is 37.9. The number of Topliss-reactive ketones (excluding diaryl/α,β-unsaturated/α-hetero) is 3. The number of aryl methyl sites for hydroxylation is 2. The summed E-state index contributed by atoms with van der Waals surface area (Å²) in [5.74, 6) is 1.34. The zero-order valence-electron chi connectivity index (χ0n) is 24.9. The molecule has 38 heavy (non-hydrogen) atoms. The predicted molar refractivity (Wildman–Crippen MR) is 157 cm³/mol. The molecule has 0 N–H and O–H groups in total. The summed E-state index contributed by atoms with van der Waals surface area (Å²) in [6, 6.07) is 10.4. The molecule has 0 heterocycles. The van der Waals surface area contributed by atoms with Gasteiger partial charge >= 0.3 is 0 Å². The highest BCUT2D eigenvalue weighted by Gasteiger charge is 2.34. The maximum Gasteiger partial charge on any atom is 0.163 e. The second-order valence-corrected chi connectivity index (χ2v) is 11.0. The van der Waals surface area contributed by atoms with Crippen molar-refractivity contribution in [2.45, 2.75) is 99.8 Å². The third-order valence-corrected chi connectivity index (χ3v) is 7.61. The summed E-state index contributed by atoms with van der Waals surface area (Å²) in [6.07, 6.45) is 6.14. The summed E-state index contributed by atoms with van der Waals surface area (Å²) in [6.45, 7) is 14.0. The van der Waals surface area contributed by atoms with Crippen molar-refractivity contribution in [3.63, 3.8) is 0 Å². The molecule has 208 valence electrons. The summed E-state index contributed by atoms with van der Waals surface area (Å²) in [5, 5.41) is 0. The first-order valence-electron chi connectivity index (χ1n) is 14.4. The number of ether oxygens (including phenoxy) is 1. The molecular formula is C34H48O4. The van der Waals surface area contributed by atoms with E-state index in [0.717, 1.165) is 71.2 Å². The number of fused-ring (bicyclic) bond motifs is 1. The molecule has 2 aromatic carbocycles. The second kappa shape index (κ2) is 15.0. The van der Waals surface area contributed by atoms with E-state index in [0.29, 0.717) is 6.42 Å². The zero-order valence-corrected chi connectivity index (χ0v) is 24.9. The lowest BCUT2D eigenvalue weighted by Gasteiger charge is -2.32. The van der Waals surface area contributed by atoms with Crippen molar-refractivity contribution in [2.24, 2.45) is 17.8 Å². The number of carbonyl (C=O) groups excluding carboxylic acids is 3. The molecule has 0 amide bonds. The van der Waals surface area contributed by atoms with E-state index in [4.69, 9.17) is 4.74 Å². The zero-order chi connectivity index (χ0) is 28.4. The minimum atomic E-state index is -0.114. The van der Waals surface area contributed by atoms with Crippen LogP contribution < -0.4 is 4.74 Å². The van der Waals surface area contributed by atoms with Gasteiger partial charge < -0.3 is 4.74 Å². The Morgan fingerprint density at radius 3 is 2.24 bits per heavy atom. The van der Waals surface area contributed by atoms with Crippen LogP contribution in [0.15, 0.2) is 30.3 Å². The van der Waals surface area contributed by atoms with Crippen LogP contribution in [-0.4, -0.2) is 24.5 Å². The molecule has 1 aliphatic rings. The van der Waals surface area contributed by atoms with Gasteiger partial charge in [-0.25, -0.2) is 0 Å². The maximum absolute atomic E-state index is 13.4. The Labute approximate surface area is 230 Å². The largest absolute Gasteiger partial charge is 0.496 e. The molecule has 0 fully saturated rings. The second-order valence-electron chi connectivity index (χ2n) is 11.0. The van der Waals surface area contributed by atoms with Crippen LogP contribution in [0.1, 0.15) is 107 Å². The normalized spacial score (nSPS) is 16.1. The molecule has 2 aromatic rings. The predicted octanol–water partition coefficient (Wildman–Crippen LogP) is 8.52. The molecule has 0 radical (unpaired) electrons. The van der Waals surface area contributed by atoms with Crippen LogP contribution >= 0.6 is 0 Å². The van der Waals surface area contributed by atoms with Gasteiger partial charge in [0.15, 0.2) is 5.78 Å². The monoisotopic (exact) mass is 520 g/mol. The molecule has 4 heteroatoms. The maximum atomic E-state index is 13.4. The van der Waals surface area contributed by atoms with Gasteiger partial charge in [-0.1, -0.05) is 65.2 Å². The molecule has 4 nitrogen and oxygen atoms in total. The Hall–Kier alpha value is -2.75. The van der Waals surface area contributed by atoms with E-state index >= 15 is 0 Å². The molecule has 3 unspecified atom stereocenters. The van der Waals surface area contributed by atoms with Gasteiger partial charge in [0.2, 0.25) is 0 Å².